The minimum atomic E-state index is 0.620. The van der Waals surface area contributed by atoms with Crippen LogP contribution in [0.5, 0.6) is 0 Å². The fraction of sp³-hybridized carbons (Fsp3) is 0.769. The summed E-state index contributed by atoms with van der Waals surface area (Å²) >= 11 is 3.62. The highest BCUT2D eigenvalue weighted by Gasteiger charge is 2.13. The molecule has 1 N–H and O–H groups in total. The molecule has 1 heterocycles. The molecule has 4 nitrogen and oxygen atoms in total. The van der Waals surface area contributed by atoms with Gasteiger partial charge in [-0.15, -0.1) is 0 Å². The minimum absolute atomic E-state index is 0.620. The highest BCUT2D eigenvalue weighted by molar-refractivity contribution is 9.10. The molecule has 0 aliphatic carbocycles. The number of nitrogens with zero attached hydrogens (tertiary/aromatic N) is 2. The van der Waals surface area contributed by atoms with Crippen LogP contribution in [0.2, 0.25) is 0 Å². The number of ether oxygens (including phenoxy) is 1. The first kappa shape index (κ1) is 15.7. The smallest absolute Gasteiger partial charge is 0.0897 e. The maximum atomic E-state index is 5.69. The Hall–Kier alpha value is -0.390. The zero-order valence-electron chi connectivity index (χ0n) is 11.6. The lowest BCUT2D eigenvalue weighted by Crippen LogP contribution is -2.20. The molecule has 0 radical (unpaired) electrons. The van der Waals surface area contributed by atoms with Gasteiger partial charge in [-0.2, -0.15) is 5.10 Å². The third kappa shape index (κ3) is 4.37. The van der Waals surface area contributed by atoms with Gasteiger partial charge >= 0.3 is 0 Å². The molecule has 0 fully saturated rings. The number of halogens is 1. The van der Waals surface area contributed by atoms with Gasteiger partial charge in [0.25, 0.3) is 0 Å². The van der Waals surface area contributed by atoms with Crippen LogP contribution in [0.4, 0.5) is 0 Å². The molecule has 0 aliphatic heterocycles. The zero-order chi connectivity index (χ0) is 13.4. The van der Waals surface area contributed by atoms with Crippen molar-refractivity contribution < 1.29 is 4.74 Å². The summed E-state index contributed by atoms with van der Waals surface area (Å²) in [7, 11) is 0. The van der Waals surface area contributed by atoms with Crippen LogP contribution in [0, 0.1) is 0 Å². The molecule has 0 amide bonds. The molecule has 0 atom stereocenters. The molecule has 0 bridgehead atoms. The van der Waals surface area contributed by atoms with Crippen molar-refractivity contribution in [3.8, 4) is 0 Å². The first-order chi connectivity index (χ1) is 8.74. The second-order valence-corrected chi connectivity index (χ2v) is 4.97. The summed E-state index contributed by atoms with van der Waals surface area (Å²) in [6.07, 6.45) is 2.10. The molecule has 0 unspecified atom stereocenters. The Morgan fingerprint density at radius 1 is 1.28 bits per heavy atom. The number of rotatable bonds is 9. The van der Waals surface area contributed by atoms with Gasteiger partial charge in [-0.3, -0.25) is 4.68 Å². The first-order valence-electron chi connectivity index (χ1n) is 6.77. The number of aryl methyl sites for hydroxylation is 2. The second-order valence-electron chi connectivity index (χ2n) is 4.18. The van der Waals surface area contributed by atoms with Crippen LogP contribution in [0.25, 0.3) is 0 Å². The molecule has 1 aromatic rings. The molecule has 0 saturated carbocycles. The van der Waals surface area contributed by atoms with E-state index in [4.69, 9.17) is 4.74 Å². The average molecular weight is 318 g/mol. The van der Waals surface area contributed by atoms with E-state index in [9.17, 15) is 0 Å². The van der Waals surface area contributed by atoms with Gasteiger partial charge in [0.2, 0.25) is 0 Å². The van der Waals surface area contributed by atoms with Gasteiger partial charge in [0.15, 0.2) is 0 Å². The van der Waals surface area contributed by atoms with Gasteiger partial charge in [0.05, 0.1) is 29.1 Å². The Labute approximate surface area is 118 Å². The van der Waals surface area contributed by atoms with Gasteiger partial charge in [0.1, 0.15) is 0 Å². The quantitative estimate of drug-likeness (QED) is 0.712. The normalized spacial score (nSPS) is 11.1. The largest absolute Gasteiger partial charge is 0.374 e. The standard InChI is InChI=1S/C13H24BrN3O/c1-4-7-15-8-9-18-10-12-13(14)11(5-2)16-17(12)6-3/h15H,4-10H2,1-3H3. The Bertz CT molecular complexity index is 352. The van der Waals surface area contributed by atoms with Crippen molar-refractivity contribution in [1.29, 1.82) is 0 Å². The van der Waals surface area contributed by atoms with Crippen LogP contribution in [0.3, 0.4) is 0 Å². The Balaban J connectivity index is 2.43. The van der Waals surface area contributed by atoms with Crippen LogP contribution < -0.4 is 5.32 Å². The van der Waals surface area contributed by atoms with Crippen molar-refractivity contribution in [1.82, 2.24) is 15.1 Å². The molecular formula is C13H24BrN3O. The SMILES string of the molecule is CCCNCCOCc1c(Br)c(CC)nn1CC. The highest BCUT2D eigenvalue weighted by Crippen LogP contribution is 2.22. The van der Waals surface area contributed by atoms with Gasteiger partial charge in [0, 0.05) is 13.1 Å². The zero-order valence-corrected chi connectivity index (χ0v) is 13.2. The van der Waals surface area contributed by atoms with Crippen LogP contribution in [-0.2, 0) is 24.3 Å². The molecule has 1 aromatic heterocycles. The van der Waals surface area contributed by atoms with E-state index < -0.39 is 0 Å². The molecule has 18 heavy (non-hydrogen) atoms. The predicted octanol–water partition coefficient (Wildman–Crippen LogP) is 2.74. The number of hydrogen-bond acceptors (Lipinski definition) is 3. The average Bonchev–Trinajstić information content (AvgIpc) is 2.70. The van der Waals surface area contributed by atoms with Crippen molar-refractivity contribution in [3.05, 3.63) is 15.9 Å². The molecule has 0 aliphatic rings. The van der Waals surface area contributed by atoms with Gasteiger partial charge in [-0.1, -0.05) is 13.8 Å². The summed E-state index contributed by atoms with van der Waals surface area (Å²) in [5.41, 5.74) is 2.25. The lowest BCUT2D eigenvalue weighted by Gasteiger charge is -2.07. The fourth-order valence-corrected chi connectivity index (χ4v) is 2.45. The molecule has 104 valence electrons. The maximum Gasteiger partial charge on any atom is 0.0897 e. The number of nitrogens with one attached hydrogen (secondary N) is 1. The van der Waals surface area contributed by atoms with E-state index in [0.29, 0.717) is 6.61 Å². The van der Waals surface area contributed by atoms with Crippen molar-refractivity contribution in [2.45, 2.75) is 46.8 Å². The van der Waals surface area contributed by atoms with Crippen molar-refractivity contribution in [3.63, 3.8) is 0 Å². The van der Waals surface area contributed by atoms with Gasteiger partial charge < -0.3 is 10.1 Å². The third-order valence-corrected chi connectivity index (χ3v) is 3.70. The fourth-order valence-electron chi connectivity index (χ4n) is 1.77. The monoisotopic (exact) mass is 317 g/mol. The lowest BCUT2D eigenvalue weighted by molar-refractivity contribution is 0.116. The molecule has 0 aromatic carbocycles. The van der Waals surface area contributed by atoms with E-state index in [0.717, 1.165) is 54.9 Å². The molecule has 5 heteroatoms. The number of aromatic nitrogens is 2. The predicted molar refractivity (Wildman–Crippen MR) is 77.8 cm³/mol. The second kappa shape index (κ2) is 8.67. The molecule has 0 spiro atoms. The lowest BCUT2D eigenvalue weighted by atomic mass is 10.3. The summed E-state index contributed by atoms with van der Waals surface area (Å²) in [6.45, 7) is 10.6. The molecule has 0 saturated heterocycles. The summed E-state index contributed by atoms with van der Waals surface area (Å²) in [6, 6.07) is 0. The van der Waals surface area contributed by atoms with E-state index in [1.165, 1.54) is 0 Å². The van der Waals surface area contributed by atoms with E-state index in [2.05, 4.69) is 47.1 Å². The van der Waals surface area contributed by atoms with Gasteiger partial charge in [-0.05, 0) is 42.2 Å². The van der Waals surface area contributed by atoms with E-state index in [1.807, 2.05) is 4.68 Å². The van der Waals surface area contributed by atoms with Crippen molar-refractivity contribution in [2.75, 3.05) is 19.7 Å². The van der Waals surface area contributed by atoms with Gasteiger partial charge in [-0.25, -0.2) is 0 Å². The van der Waals surface area contributed by atoms with E-state index in [1.54, 1.807) is 0 Å². The number of hydrogen-bond donors (Lipinski definition) is 1. The Kier molecular flexibility index (Phi) is 7.54. The van der Waals surface area contributed by atoms with Crippen LogP contribution >= 0.6 is 15.9 Å². The Morgan fingerprint density at radius 2 is 2.06 bits per heavy atom. The topological polar surface area (TPSA) is 39.1 Å². The minimum Gasteiger partial charge on any atom is -0.374 e. The van der Waals surface area contributed by atoms with Crippen molar-refractivity contribution in [2.24, 2.45) is 0 Å². The summed E-state index contributed by atoms with van der Waals surface area (Å²) in [5.74, 6) is 0. The molecular weight excluding hydrogens is 294 g/mol. The van der Waals surface area contributed by atoms with Crippen molar-refractivity contribution >= 4 is 15.9 Å². The highest BCUT2D eigenvalue weighted by atomic mass is 79.9. The summed E-state index contributed by atoms with van der Waals surface area (Å²) < 4.78 is 8.82. The van der Waals surface area contributed by atoms with E-state index in [-0.39, 0.29) is 0 Å². The first-order valence-corrected chi connectivity index (χ1v) is 7.56. The van der Waals surface area contributed by atoms with Crippen LogP contribution in [0.15, 0.2) is 4.47 Å². The maximum absolute atomic E-state index is 5.69. The third-order valence-electron chi connectivity index (χ3n) is 2.78. The van der Waals surface area contributed by atoms with E-state index >= 15 is 0 Å². The summed E-state index contributed by atoms with van der Waals surface area (Å²) in [5, 5.41) is 7.87. The summed E-state index contributed by atoms with van der Waals surface area (Å²) in [4.78, 5) is 0. The Morgan fingerprint density at radius 3 is 2.67 bits per heavy atom. The molecule has 1 rings (SSSR count). The van der Waals surface area contributed by atoms with Crippen LogP contribution in [0.1, 0.15) is 38.6 Å². The van der Waals surface area contributed by atoms with Crippen LogP contribution in [-0.4, -0.2) is 29.5 Å².